The number of nitrogens with two attached hydrogens (primary N) is 1. The van der Waals surface area contributed by atoms with E-state index in [4.69, 9.17) is 5.73 Å². The first kappa shape index (κ1) is 24.3. The molecule has 0 saturated heterocycles. The second kappa shape index (κ2) is 10.7. The summed E-state index contributed by atoms with van der Waals surface area (Å²) in [6.45, 7) is 0.236. The molecule has 0 fully saturated rings. The molecule has 0 spiro atoms. The number of aromatic nitrogens is 1. The average Bonchev–Trinajstić information content (AvgIpc) is 2.96. The van der Waals surface area contributed by atoms with E-state index in [0.717, 1.165) is 16.7 Å². The van der Waals surface area contributed by atoms with E-state index < -0.39 is 0 Å². The summed E-state index contributed by atoms with van der Waals surface area (Å²) in [5.74, 6) is -0.282. The lowest BCUT2D eigenvalue weighted by Crippen LogP contribution is -2.25. The number of nitriles is 1. The summed E-state index contributed by atoms with van der Waals surface area (Å²) in [7, 11) is 0. The van der Waals surface area contributed by atoms with Crippen molar-refractivity contribution >= 4 is 17.3 Å². The third-order valence-electron chi connectivity index (χ3n) is 6.33. The number of carbonyl (C=O) groups is 1. The average molecular weight is 497 g/mol. The maximum atomic E-state index is 13.7. The van der Waals surface area contributed by atoms with Crippen LogP contribution in [0.5, 0.6) is 0 Å². The van der Waals surface area contributed by atoms with Crippen LogP contribution in [0.15, 0.2) is 120 Å². The summed E-state index contributed by atoms with van der Waals surface area (Å²) in [4.78, 5) is 26.4. The molecule has 0 aliphatic rings. The number of hydrogen-bond acceptors (Lipinski definition) is 4. The van der Waals surface area contributed by atoms with Gasteiger partial charge in [-0.1, -0.05) is 84.9 Å². The Bertz CT molecular complexity index is 1700. The Balaban J connectivity index is 1.52. The van der Waals surface area contributed by atoms with Crippen molar-refractivity contribution in [3.8, 4) is 28.5 Å². The zero-order valence-corrected chi connectivity index (χ0v) is 20.5. The van der Waals surface area contributed by atoms with Gasteiger partial charge in [0.25, 0.3) is 11.5 Å². The molecule has 1 heterocycles. The smallest absolute Gasteiger partial charge is 0.269 e. The van der Waals surface area contributed by atoms with Crippen molar-refractivity contribution in [3.63, 3.8) is 0 Å². The van der Waals surface area contributed by atoms with Gasteiger partial charge in [-0.2, -0.15) is 5.26 Å². The van der Waals surface area contributed by atoms with Gasteiger partial charge in [-0.05, 0) is 47.0 Å². The van der Waals surface area contributed by atoms with Crippen LogP contribution >= 0.6 is 0 Å². The summed E-state index contributed by atoms with van der Waals surface area (Å²) < 4.78 is 1.61. The number of pyridine rings is 1. The van der Waals surface area contributed by atoms with Crippen LogP contribution in [-0.4, -0.2) is 10.5 Å². The number of carbonyl (C=O) groups excluding carboxylic acids is 1. The van der Waals surface area contributed by atoms with Gasteiger partial charge in [0.15, 0.2) is 0 Å². The molecule has 1 aromatic heterocycles. The molecular weight excluding hydrogens is 472 g/mol. The number of nitrogen functional groups attached to an aromatic ring is 1. The predicted molar refractivity (Wildman–Crippen MR) is 151 cm³/mol. The van der Waals surface area contributed by atoms with Crippen LogP contribution in [0.1, 0.15) is 21.5 Å². The second-order valence-electron chi connectivity index (χ2n) is 8.79. The maximum Gasteiger partial charge on any atom is 0.269 e. The van der Waals surface area contributed by atoms with E-state index in [1.54, 1.807) is 41.0 Å². The van der Waals surface area contributed by atoms with Crippen molar-refractivity contribution < 1.29 is 4.79 Å². The van der Waals surface area contributed by atoms with E-state index in [9.17, 15) is 14.9 Å². The monoisotopic (exact) mass is 496 g/mol. The van der Waals surface area contributed by atoms with Crippen molar-refractivity contribution in [2.45, 2.75) is 6.54 Å². The van der Waals surface area contributed by atoms with Crippen LogP contribution in [0.3, 0.4) is 0 Å². The van der Waals surface area contributed by atoms with Gasteiger partial charge in [-0.15, -0.1) is 0 Å². The lowest BCUT2D eigenvalue weighted by atomic mass is 9.98. The molecule has 3 N–H and O–H groups in total. The first-order chi connectivity index (χ1) is 18.5. The second-order valence-corrected chi connectivity index (χ2v) is 8.79. The fourth-order valence-electron chi connectivity index (χ4n) is 4.35. The Kier molecular flexibility index (Phi) is 6.83. The number of nitrogens with zero attached hydrogens (tertiary/aromatic N) is 2. The van der Waals surface area contributed by atoms with Crippen LogP contribution in [0, 0.1) is 11.3 Å². The van der Waals surface area contributed by atoms with E-state index >= 15 is 0 Å². The Hall–Kier alpha value is -5.41. The quantitative estimate of drug-likeness (QED) is 0.284. The lowest BCUT2D eigenvalue weighted by molar-refractivity contribution is 0.102. The van der Waals surface area contributed by atoms with Crippen molar-refractivity contribution in [3.05, 3.63) is 142 Å². The van der Waals surface area contributed by atoms with Gasteiger partial charge in [0.05, 0.1) is 23.6 Å². The van der Waals surface area contributed by atoms with Crippen molar-refractivity contribution in [2.24, 2.45) is 0 Å². The molecule has 0 radical (unpaired) electrons. The molecule has 184 valence electrons. The standard InChI is InChI=1S/C32H24N4O2/c33-20-27-26(23-9-3-1-4-10-23)19-30(24-11-5-2-6-12-24)36(32(27)38)21-22-15-17-25(18-16-22)31(37)35-29-14-8-7-13-28(29)34/h1-19H,21,34H2,(H,35,37). The van der Waals surface area contributed by atoms with Crippen LogP contribution < -0.4 is 16.6 Å². The highest BCUT2D eigenvalue weighted by molar-refractivity contribution is 6.05. The molecule has 38 heavy (non-hydrogen) atoms. The number of rotatable bonds is 6. The highest BCUT2D eigenvalue weighted by atomic mass is 16.1. The lowest BCUT2D eigenvalue weighted by Gasteiger charge is -2.17. The molecular formula is C32H24N4O2. The topological polar surface area (TPSA) is 101 Å². The van der Waals surface area contributed by atoms with Gasteiger partial charge in [0, 0.05) is 11.1 Å². The minimum Gasteiger partial charge on any atom is -0.397 e. The SMILES string of the molecule is N#Cc1c(-c2ccccc2)cc(-c2ccccc2)n(Cc2ccc(C(=O)Nc3ccccc3N)cc2)c1=O. The van der Waals surface area contributed by atoms with Crippen molar-refractivity contribution in [1.82, 2.24) is 4.57 Å². The van der Waals surface area contributed by atoms with Gasteiger partial charge in [0.2, 0.25) is 0 Å². The van der Waals surface area contributed by atoms with Crippen LogP contribution in [0.25, 0.3) is 22.4 Å². The zero-order valence-electron chi connectivity index (χ0n) is 20.5. The Morgan fingerprint density at radius 2 is 1.42 bits per heavy atom. The highest BCUT2D eigenvalue weighted by Gasteiger charge is 2.18. The molecule has 4 aromatic carbocycles. The summed E-state index contributed by atoms with van der Waals surface area (Å²) in [6, 6.07) is 37.2. The Morgan fingerprint density at radius 3 is 2.05 bits per heavy atom. The summed E-state index contributed by atoms with van der Waals surface area (Å²) in [5.41, 5.74) is 10.9. The predicted octanol–water partition coefficient (Wildman–Crippen LogP) is 5.94. The number of nitrogens with one attached hydrogen (secondary N) is 1. The maximum absolute atomic E-state index is 13.7. The van der Waals surface area contributed by atoms with E-state index in [0.29, 0.717) is 28.2 Å². The van der Waals surface area contributed by atoms with Crippen LogP contribution in [0.2, 0.25) is 0 Å². The molecule has 0 aliphatic heterocycles. The third kappa shape index (κ3) is 4.95. The van der Waals surface area contributed by atoms with E-state index in [1.165, 1.54) is 0 Å². The van der Waals surface area contributed by atoms with Crippen LogP contribution in [0.4, 0.5) is 11.4 Å². The molecule has 5 aromatic rings. The number of para-hydroxylation sites is 2. The molecule has 1 amide bonds. The number of anilines is 2. The van der Waals surface area contributed by atoms with Gasteiger partial charge in [0.1, 0.15) is 11.6 Å². The van der Waals surface area contributed by atoms with Gasteiger partial charge >= 0.3 is 0 Å². The number of benzene rings is 4. The summed E-state index contributed by atoms with van der Waals surface area (Å²) in [6.07, 6.45) is 0. The van der Waals surface area contributed by atoms with Gasteiger partial charge in [-0.25, -0.2) is 0 Å². The number of hydrogen-bond donors (Lipinski definition) is 2. The normalized spacial score (nSPS) is 10.5. The van der Waals surface area contributed by atoms with Gasteiger partial charge in [-0.3, -0.25) is 9.59 Å². The fraction of sp³-hybridized carbons (Fsp3) is 0.0312. The van der Waals surface area contributed by atoms with Crippen molar-refractivity contribution in [2.75, 3.05) is 11.1 Å². The largest absolute Gasteiger partial charge is 0.397 e. The molecule has 0 aliphatic carbocycles. The van der Waals surface area contributed by atoms with Crippen molar-refractivity contribution in [1.29, 1.82) is 5.26 Å². The fourth-order valence-corrected chi connectivity index (χ4v) is 4.35. The first-order valence-electron chi connectivity index (χ1n) is 12.1. The summed E-state index contributed by atoms with van der Waals surface area (Å²) in [5, 5.41) is 12.8. The minimum absolute atomic E-state index is 0.0901. The highest BCUT2D eigenvalue weighted by Crippen LogP contribution is 2.28. The molecule has 6 heteroatoms. The summed E-state index contributed by atoms with van der Waals surface area (Å²) >= 11 is 0. The van der Waals surface area contributed by atoms with E-state index in [2.05, 4.69) is 11.4 Å². The van der Waals surface area contributed by atoms with E-state index in [1.807, 2.05) is 78.9 Å². The van der Waals surface area contributed by atoms with E-state index in [-0.39, 0.29) is 23.6 Å². The molecule has 0 saturated carbocycles. The Morgan fingerprint density at radius 1 is 0.816 bits per heavy atom. The molecule has 5 rings (SSSR count). The zero-order chi connectivity index (χ0) is 26.5. The van der Waals surface area contributed by atoms with Gasteiger partial charge < -0.3 is 15.6 Å². The number of amides is 1. The molecule has 0 unspecified atom stereocenters. The molecule has 0 bridgehead atoms. The molecule has 0 atom stereocenters. The third-order valence-corrected chi connectivity index (χ3v) is 6.33. The first-order valence-corrected chi connectivity index (χ1v) is 12.1. The van der Waals surface area contributed by atoms with Crippen LogP contribution in [-0.2, 0) is 6.54 Å². The minimum atomic E-state index is -0.367. The molecule has 6 nitrogen and oxygen atoms in total. The Labute approximate surface area is 220 Å².